The summed E-state index contributed by atoms with van der Waals surface area (Å²) in [7, 11) is 2.82. The van der Waals surface area contributed by atoms with Crippen LogP contribution in [0.5, 0.6) is 5.75 Å². The summed E-state index contributed by atoms with van der Waals surface area (Å²) in [6, 6.07) is 6.35. The molecule has 6 nitrogen and oxygen atoms in total. The Morgan fingerprint density at radius 1 is 1.26 bits per heavy atom. The number of nitrogens with one attached hydrogen (secondary N) is 1. The van der Waals surface area contributed by atoms with Crippen molar-refractivity contribution in [2.45, 2.75) is 38.8 Å². The van der Waals surface area contributed by atoms with Crippen molar-refractivity contribution in [3.05, 3.63) is 29.8 Å². The number of methoxy groups -OCH3 is 2. The van der Waals surface area contributed by atoms with Crippen LogP contribution in [0.1, 0.15) is 25.8 Å². The van der Waals surface area contributed by atoms with Crippen molar-refractivity contribution in [2.75, 3.05) is 14.2 Å². The third-order valence-corrected chi connectivity index (χ3v) is 3.37. The second-order valence-corrected chi connectivity index (χ2v) is 5.79. The Hall–Kier alpha value is -2.08. The zero-order valence-electron chi connectivity index (χ0n) is 14.0. The van der Waals surface area contributed by atoms with Gasteiger partial charge in [0.1, 0.15) is 17.9 Å². The van der Waals surface area contributed by atoms with Crippen LogP contribution in [0.2, 0.25) is 0 Å². The van der Waals surface area contributed by atoms with E-state index in [1.165, 1.54) is 7.11 Å². The minimum atomic E-state index is -1.15. The van der Waals surface area contributed by atoms with E-state index in [1.54, 1.807) is 25.3 Å². The van der Waals surface area contributed by atoms with E-state index in [9.17, 15) is 14.7 Å². The molecule has 0 bridgehead atoms. The van der Waals surface area contributed by atoms with Crippen LogP contribution in [0, 0.1) is 5.92 Å². The van der Waals surface area contributed by atoms with E-state index in [-0.39, 0.29) is 12.3 Å². The Morgan fingerprint density at radius 2 is 1.96 bits per heavy atom. The molecular formula is C17H25NO5. The minimum absolute atomic E-state index is 0.172. The Balaban J connectivity index is 2.80. The largest absolute Gasteiger partial charge is 0.497 e. The number of aliphatic hydroxyl groups excluding tert-OH is 1. The Bertz CT molecular complexity index is 529. The third kappa shape index (κ3) is 6.28. The number of carbonyl (C=O) groups is 2. The van der Waals surface area contributed by atoms with Crippen LogP contribution in [0.25, 0.3) is 0 Å². The Kier molecular flexibility index (Phi) is 7.54. The molecule has 0 aromatic heterocycles. The van der Waals surface area contributed by atoms with Crippen LogP contribution in [-0.2, 0) is 20.7 Å². The highest BCUT2D eigenvalue weighted by Crippen LogP contribution is 2.15. The number of hydrogen-bond acceptors (Lipinski definition) is 5. The molecule has 0 radical (unpaired) electrons. The first-order valence-electron chi connectivity index (χ1n) is 7.56. The van der Waals surface area contributed by atoms with E-state index < -0.39 is 24.0 Å². The molecule has 0 heterocycles. The lowest BCUT2D eigenvalue weighted by Crippen LogP contribution is -2.47. The molecule has 0 saturated carbocycles. The average Bonchev–Trinajstić information content (AvgIpc) is 2.52. The van der Waals surface area contributed by atoms with Crippen molar-refractivity contribution in [3.8, 4) is 5.75 Å². The van der Waals surface area contributed by atoms with E-state index in [4.69, 9.17) is 9.47 Å². The highest BCUT2D eigenvalue weighted by atomic mass is 16.5. The van der Waals surface area contributed by atoms with Gasteiger partial charge in [-0.15, -0.1) is 0 Å². The molecule has 23 heavy (non-hydrogen) atoms. The smallest absolute Gasteiger partial charge is 0.328 e. The predicted octanol–water partition coefficient (Wildman–Crippen LogP) is 1.30. The normalized spacial score (nSPS) is 13.3. The minimum Gasteiger partial charge on any atom is -0.497 e. The highest BCUT2D eigenvalue weighted by molar-refractivity contribution is 5.87. The molecule has 0 fully saturated rings. The molecule has 0 aliphatic heterocycles. The fraction of sp³-hybridized carbons (Fsp3) is 0.529. The number of benzene rings is 1. The molecule has 0 aliphatic rings. The van der Waals surface area contributed by atoms with E-state index in [1.807, 2.05) is 19.9 Å². The number of carbonyl (C=O) groups excluding carboxylic acids is 2. The summed E-state index contributed by atoms with van der Waals surface area (Å²) in [6.07, 6.45) is -0.560. The first-order chi connectivity index (χ1) is 10.9. The SMILES string of the molecule is COC(=O)[C@H](Cc1cccc(OC)c1)NC(=O)[C@H](O)CC(C)C. The van der Waals surface area contributed by atoms with Crippen LogP contribution in [0.4, 0.5) is 0 Å². The van der Waals surface area contributed by atoms with Gasteiger partial charge in [-0.1, -0.05) is 26.0 Å². The molecule has 2 atom stereocenters. The van der Waals surface area contributed by atoms with Gasteiger partial charge in [0, 0.05) is 6.42 Å². The Morgan fingerprint density at radius 3 is 2.52 bits per heavy atom. The van der Waals surface area contributed by atoms with Gasteiger partial charge in [0.15, 0.2) is 0 Å². The molecule has 0 unspecified atom stereocenters. The second-order valence-electron chi connectivity index (χ2n) is 5.79. The maximum atomic E-state index is 12.0. The third-order valence-electron chi connectivity index (χ3n) is 3.37. The van der Waals surface area contributed by atoms with Crippen LogP contribution >= 0.6 is 0 Å². The molecule has 0 saturated heterocycles. The molecule has 1 aromatic carbocycles. The molecule has 0 aliphatic carbocycles. The van der Waals surface area contributed by atoms with Gasteiger partial charge in [-0.05, 0) is 30.0 Å². The number of rotatable bonds is 8. The molecule has 2 N–H and O–H groups in total. The van der Waals surface area contributed by atoms with Crippen LogP contribution in [0.15, 0.2) is 24.3 Å². The fourth-order valence-electron chi connectivity index (χ4n) is 2.19. The van der Waals surface area contributed by atoms with Crippen molar-refractivity contribution < 1.29 is 24.2 Å². The van der Waals surface area contributed by atoms with Crippen molar-refractivity contribution >= 4 is 11.9 Å². The topological polar surface area (TPSA) is 84.9 Å². The molecule has 128 valence electrons. The predicted molar refractivity (Wildman–Crippen MR) is 86.1 cm³/mol. The molecule has 1 rings (SSSR count). The van der Waals surface area contributed by atoms with E-state index in [0.29, 0.717) is 12.2 Å². The van der Waals surface area contributed by atoms with Crippen LogP contribution in [-0.4, -0.2) is 43.3 Å². The lowest BCUT2D eigenvalue weighted by molar-refractivity contribution is -0.146. The number of hydrogen-bond donors (Lipinski definition) is 2. The zero-order valence-corrected chi connectivity index (χ0v) is 14.0. The first-order valence-corrected chi connectivity index (χ1v) is 7.56. The average molecular weight is 323 g/mol. The maximum Gasteiger partial charge on any atom is 0.328 e. The standard InChI is InChI=1S/C17H25NO5/c1-11(2)8-15(19)16(20)18-14(17(21)23-4)10-12-6-5-7-13(9-12)22-3/h5-7,9,11,14-15,19H,8,10H2,1-4H3,(H,18,20)/t14-,15+/m0/s1. The van der Waals surface area contributed by atoms with Gasteiger partial charge in [-0.25, -0.2) is 4.79 Å². The van der Waals surface area contributed by atoms with Gasteiger partial charge in [0.05, 0.1) is 14.2 Å². The summed E-state index contributed by atoms with van der Waals surface area (Å²) in [5.74, 6) is -0.294. The van der Waals surface area contributed by atoms with Crippen molar-refractivity contribution in [2.24, 2.45) is 5.92 Å². The van der Waals surface area contributed by atoms with Crippen molar-refractivity contribution in [1.82, 2.24) is 5.32 Å². The lowest BCUT2D eigenvalue weighted by atomic mass is 10.0. The maximum absolute atomic E-state index is 12.0. The first kappa shape index (κ1) is 19.0. The summed E-state index contributed by atoms with van der Waals surface area (Å²) >= 11 is 0. The van der Waals surface area contributed by atoms with E-state index in [0.717, 1.165) is 5.56 Å². The van der Waals surface area contributed by atoms with Gasteiger partial charge in [-0.3, -0.25) is 4.79 Å². The summed E-state index contributed by atoms with van der Waals surface area (Å²) in [4.78, 5) is 23.9. The summed E-state index contributed by atoms with van der Waals surface area (Å²) < 4.78 is 9.88. The number of ether oxygens (including phenoxy) is 2. The van der Waals surface area contributed by atoms with Gasteiger partial charge in [0.25, 0.3) is 0 Å². The monoisotopic (exact) mass is 323 g/mol. The van der Waals surface area contributed by atoms with Gasteiger partial charge >= 0.3 is 5.97 Å². The Labute approximate surface area is 136 Å². The summed E-state index contributed by atoms with van der Waals surface area (Å²) in [5, 5.41) is 12.4. The van der Waals surface area contributed by atoms with Gasteiger partial charge < -0.3 is 19.9 Å². The summed E-state index contributed by atoms with van der Waals surface area (Å²) in [6.45, 7) is 3.81. The van der Waals surface area contributed by atoms with Crippen LogP contribution < -0.4 is 10.1 Å². The number of amides is 1. The highest BCUT2D eigenvalue weighted by Gasteiger charge is 2.25. The summed E-state index contributed by atoms with van der Waals surface area (Å²) in [5.41, 5.74) is 0.818. The zero-order chi connectivity index (χ0) is 17.4. The number of esters is 1. The molecule has 1 aromatic rings. The molecule has 0 spiro atoms. The van der Waals surface area contributed by atoms with Crippen molar-refractivity contribution in [1.29, 1.82) is 0 Å². The fourth-order valence-corrected chi connectivity index (χ4v) is 2.19. The molecular weight excluding hydrogens is 298 g/mol. The quantitative estimate of drug-likeness (QED) is 0.705. The number of aliphatic hydroxyl groups is 1. The van der Waals surface area contributed by atoms with Crippen molar-refractivity contribution in [3.63, 3.8) is 0 Å². The lowest BCUT2D eigenvalue weighted by Gasteiger charge is -2.20. The van der Waals surface area contributed by atoms with Gasteiger partial charge in [0.2, 0.25) is 5.91 Å². The second kappa shape index (κ2) is 9.15. The van der Waals surface area contributed by atoms with E-state index >= 15 is 0 Å². The van der Waals surface area contributed by atoms with Crippen LogP contribution in [0.3, 0.4) is 0 Å². The molecule has 6 heteroatoms. The van der Waals surface area contributed by atoms with E-state index in [2.05, 4.69) is 5.32 Å². The molecule has 1 amide bonds. The van der Waals surface area contributed by atoms with Gasteiger partial charge in [-0.2, -0.15) is 0 Å².